The van der Waals surface area contributed by atoms with Crippen molar-refractivity contribution in [1.82, 2.24) is 16.0 Å². The van der Waals surface area contributed by atoms with Gasteiger partial charge in [-0.3, -0.25) is 29.2 Å². The second kappa shape index (κ2) is 25.2. The molecule has 14 nitrogen and oxygen atoms in total. The monoisotopic (exact) mass is 596 g/mol. The molecule has 0 spiro atoms. The summed E-state index contributed by atoms with van der Waals surface area (Å²) in [5.74, 6) is -2.24. The fourth-order valence-corrected chi connectivity index (χ4v) is 4.30. The van der Waals surface area contributed by atoms with Crippen molar-refractivity contribution >= 4 is 35.5 Å². The van der Waals surface area contributed by atoms with Crippen molar-refractivity contribution in [1.29, 1.82) is 0 Å². The van der Waals surface area contributed by atoms with E-state index in [0.29, 0.717) is 19.3 Å². The first-order valence-electron chi connectivity index (χ1n) is 15.3. The second-order valence-corrected chi connectivity index (χ2v) is 10.5. The van der Waals surface area contributed by atoms with Gasteiger partial charge in [0.15, 0.2) is 11.9 Å². The molecule has 0 aromatic rings. The largest absolute Gasteiger partial charge is 0.370 e. The third-order valence-electron chi connectivity index (χ3n) is 6.66. The number of rotatable bonds is 26. The van der Waals surface area contributed by atoms with E-state index in [1.165, 1.54) is 51.4 Å². The molecule has 0 aromatic carbocycles. The summed E-state index contributed by atoms with van der Waals surface area (Å²) in [6, 6.07) is -1.97. The lowest BCUT2D eigenvalue weighted by molar-refractivity contribution is -0.132. The van der Waals surface area contributed by atoms with Crippen LogP contribution < -0.4 is 44.6 Å². The fourth-order valence-electron chi connectivity index (χ4n) is 4.30. The number of hydrogen-bond acceptors (Lipinski definition) is 6. The van der Waals surface area contributed by atoms with Crippen LogP contribution in [0.15, 0.2) is 9.98 Å². The van der Waals surface area contributed by atoms with E-state index in [9.17, 15) is 19.2 Å². The van der Waals surface area contributed by atoms with Gasteiger partial charge in [-0.25, -0.2) is 0 Å². The summed E-state index contributed by atoms with van der Waals surface area (Å²) < 4.78 is 0. The maximum absolute atomic E-state index is 13.0. The average Bonchev–Trinajstić information content (AvgIpc) is 2.93. The highest BCUT2D eigenvalue weighted by Gasteiger charge is 2.25. The molecule has 4 amide bonds. The molecule has 0 unspecified atom stereocenters. The van der Waals surface area contributed by atoms with Crippen LogP contribution >= 0.6 is 0 Å². The Morgan fingerprint density at radius 3 is 1.55 bits per heavy atom. The van der Waals surface area contributed by atoms with E-state index in [2.05, 4.69) is 32.9 Å². The highest BCUT2D eigenvalue weighted by Crippen LogP contribution is 2.12. The molecule has 0 aliphatic heterocycles. The molecule has 0 aliphatic carbocycles. The third-order valence-corrected chi connectivity index (χ3v) is 6.66. The molecule has 2 atom stereocenters. The number of nitrogens with two attached hydrogens (primary N) is 5. The minimum atomic E-state index is -0.991. The molecule has 0 heterocycles. The van der Waals surface area contributed by atoms with E-state index in [4.69, 9.17) is 28.7 Å². The van der Waals surface area contributed by atoms with Crippen LogP contribution in [0.25, 0.3) is 0 Å². The van der Waals surface area contributed by atoms with Gasteiger partial charge in [0.1, 0.15) is 12.1 Å². The molecule has 0 aromatic heterocycles. The van der Waals surface area contributed by atoms with Crippen molar-refractivity contribution in [3.8, 4) is 0 Å². The lowest BCUT2D eigenvalue weighted by Crippen LogP contribution is -2.54. The number of nitrogens with one attached hydrogen (secondary N) is 3. The molecule has 13 N–H and O–H groups in total. The summed E-state index contributed by atoms with van der Waals surface area (Å²) in [5.41, 5.74) is 26.7. The Bertz CT molecular complexity index is 843. The maximum Gasteiger partial charge on any atom is 0.243 e. The molecule has 0 aliphatic rings. The predicted molar refractivity (Wildman–Crippen MR) is 167 cm³/mol. The number of carbonyl (C=O) groups is 4. The zero-order chi connectivity index (χ0) is 31.6. The summed E-state index contributed by atoms with van der Waals surface area (Å²) in [6.45, 7) is 2.46. The van der Waals surface area contributed by atoms with E-state index >= 15 is 0 Å². The minimum absolute atomic E-state index is 0.0795. The van der Waals surface area contributed by atoms with Crippen LogP contribution in [0, 0.1) is 0 Å². The molecule has 0 saturated heterocycles. The van der Waals surface area contributed by atoms with Crippen LogP contribution in [-0.2, 0) is 19.2 Å². The van der Waals surface area contributed by atoms with Gasteiger partial charge in [0.2, 0.25) is 23.6 Å². The maximum atomic E-state index is 13.0. The predicted octanol–water partition coefficient (Wildman–Crippen LogP) is 0.366. The summed E-state index contributed by atoms with van der Waals surface area (Å²) in [6.07, 6.45) is 14.6. The van der Waals surface area contributed by atoms with Gasteiger partial charge < -0.3 is 44.6 Å². The van der Waals surface area contributed by atoms with Crippen LogP contribution in [0.3, 0.4) is 0 Å². The Hall–Kier alpha value is -3.58. The van der Waals surface area contributed by atoms with Crippen molar-refractivity contribution in [3.05, 3.63) is 0 Å². The van der Waals surface area contributed by atoms with E-state index in [1.54, 1.807) is 0 Å². The quantitative estimate of drug-likeness (QED) is 0.0392. The van der Waals surface area contributed by atoms with Crippen molar-refractivity contribution in [2.75, 3.05) is 19.6 Å². The number of nitrogens with zero attached hydrogens (tertiary/aromatic N) is 2. The average molecular weight is 597 g/mol. The van der Waals surface area contributed by atoms with Crippen LogP contribution in [0.5, 0.6) is 0 Å². The van der Waals surface area contributed by atoms with Crippen molar-refractivity contribution < 1.29 is 19.2 Å². The van der Waals surface area contributed by atoms with Crippen molar-refractivity contribution in [3.63, 3.8) is 0 Å². The number of carbonyl (C=O) groups excluding carboxylic acids is 4. The van der Waals surface area contributed by atoms with Crippen LogP contribution in [0.2, 0.25) is 0 Å². The molecule has 14 heteroatoms. The topological polar surface area (TPSA) is 259 Å². The highest BCUT2D eigenvalue weighted by molar-refractivity contribution is 5.92. The SMILES string of the molecule is CCCCCCCCCCCCCC(=O)NCC(=O)N[C@@H](CCCN=C(N)N)C(=O)N[C@@H](CCCN=C(N)N)C(N)=O. The molecule has 0 rings (SSSR count). The molecule has 0 bridgehead atoms. The number of aliphatic imine (C=N–C) groups is 2. The Kier molecular flexibility index (Phi) is 23.0. The van der Waals surface area contributed by atoms with Gasteiger partial charge in [0.05, 0.1) is 6.54 Å². The minimum Gasteiger partial charge on any atom is -0.370 e. The summed E-state index contributed by atoms with van der Waals surface area (Å²) >= 11 is 0. The van der Waals surface area contributed by atoms with E-state index in [1.807, 2.05) is 0 Å². The van der Waals surface area contributed by atoms with Gasteiger partial charge in [-0.15, -0.1) is 0 Å². The first kappa shape index (κ1) is 38.4. The van der Waals surface area contributed by atoms with Gasteiger partial charge in [-0.05, 0) is 32.1 Å². The number of unbranched alkanes of at least 4 members (excludes halogenated alkanes) is 10. The van der Waals surface area contributed by atoms with Gasteiger partial charge in [0.25, 0.3) is 0 Å². The lowest BCUT2D eigenvalue weighted by Gasteiger charge is -2.22. The molecule has 42 heavy (non-hydrogen) atoms. The Balaban J connectivity index is 4.58. The van der Waals surface area contributed by atoms with Gasteiger partial charge in [-0.1, -0.05) is 71.1 Å². The number of primary amides is 1. The zero-order valence-corrected chi connectivity index (χ0v) is 25.5. The highest BCUT2D eigenvalue weighted by atomic mass is 16.2. The van der Waals surface area contributed by atoms with Gasteiger partial charge >= 0.3 is 0 Å². The zero-order valence-electron chi connectivity index (χ0n) is 25.5. The Morgan fingerprint density at radius 1 is 0.595 bits per heavy atom. The molecular formula is C28H56N10O4. The van der Waals surface area contributed by atoms with Crippen molar-refractivity contribution in [2.24, 2.45) is 38.7 Å². The fraction of sp³-hybridized carbons (Fsp3) is 0.786. The molecule has 242 valence electrons. The number of guanidine groups is 2. The van der Waals surface area contributed by atoms with Gasteiger partial charge in [0, 0.05) is 19.5 Å². The third kappa shape index (κ3) is 23.2. The summed E-state index contributed by atoms with van der Waals surface area (Å²) in [5, 5.41) is 7.79. The van der Waals surface area contributed by atoms with Crippen LogP contribution in [0.1, 0.15) is 110 Å². The standard InChI is InChI=1S/C28H56N10O4/c1-2-3-4-5-6-7-8-9-10-11-12-17-23(39)36-20-24(40)37-22(16-14-19-35-28(32)33)26(42)38-21(25(29)41)15-13-18-34-27(30)31/h21-22H,2-20H2,1H3,(H2,29,41)(H,36,39)(H,37,40)(H,38,42)(H4,30,31,34)(H4,32,33,35)/t21-,22-/m0/s1. The van der Waals surface area contributed by atoms with E-state index in [0.717, 1.165) is 19.3 Å². The second-order valence-electron chi connectivity index (χ2n) is 10.5. The molecule has 0 saturated carbocycles. The Morgan fingerprint density at radius 2 is 1.07 bits per heavy atom. The normalized spacial score (nSPS) is 12.0. The van der Waals surface area contributed by atoms with Gasteiger partial charge in [-0.2, -0.15) is 0 Å². The summed E-state index contributed by atoms with van der Waals surface area (Å²) in [4.78, 5) is 57.3. The Labute approximate surface area is 250 Å². The van der Waals surface area contributed by atoms with Crippen molar-refractivity contribution in [2.45, 2.75) is 122 Å². The number of hydrogen-bond donors (Lipinski definition) is 8. The first-order valence-corrected chi connectivity index (χ1v) is 15.3. The van der Waals surface area contributed by atoms with E-state index < -0.39 is 29.8 Å². The summed E-state index contributed by atoms with van der Waals surface area (Å²) in [7, 11) is 0. The molecular weight excluding hydrogens is 540 g/mol. The smallest absolute Gasteiger partial charge is 0.243 e. The molecule has 0 radical (unpaired) electrons. The molecule has 0 fully saturated rings. The van der Waals surface area contributed by atoms with Crippen LogP contribution in [0.4, 0.5) is 0 Å². The van der Waals surface area contributed by atoms with E-state index in [-0.39, 0.29) is 50.3 Å². The number of amides is 4. The van der Waals surface area contributed by atoms with Crippen LogP contribution in [-0.4, -0.2) is 67.3 Å². The first-order chi connectivity index (χ1) is 20.1. The lowest BCUT2D eigenvalue weighted by atomic mass is 10.1.